The number of ether oxygens (including phenoxy) is 1. The highest BCUT2D eigenvalue weighted by Gasteiger charge is 2.38. The molecule has 0 atom stereocenters. The van der Waals surface area contributed by atoms with Crippen molar-refractivity contribution in [2.24, 2.45) is 0 Å². The molecule has 23 heavy (non-hydrogen) atoms. The minimum absolute atomic E-state index is 0.0692. The zero-order valence-corrected chi connectivity index (χ0v) is 13.7. The molecule has 122 valence electrons. The molecule has 2 aromatic rings. The average Bonchev–Trinajstić information content (AvgIpc) is 3.39. The molecule has 1 fully saturated rings. The van der Waals surface area contributed by atoms with Crippen LogP contribution in [0.4, 0.5) is 0 Å². The highest BCUT2D eigenvalue weighted by Crippen LogP contribution is 2.33. The molecule has 1 aliphatic carbocycles. The van der Waals surface area contributed by atoms with Crippen LogP contribution in [0.1, 0.15) is 25.3 Å². The van der Waals surface area contributed by atoms with Crippen molar-refractivity contribution in [3.8, 4) is 5.88 Å². The second-order valence-corrected chi connectivity index (χ2v) is 7.29. The predicted molar refractivity (Wildman–Crippen MR) is 85.4 cm³/mol. The molecular formula is C16H19N3O3S. The summed E-state index contributed by atoms with van der Waals surface area (Å²) in [5.74, 6) is 0.429. The number of hydrogen-bond acceptors (Lipinski definition) is 5. The summed E-state index contributed by atoms with van der Waals surface area (Å²) in [4.78, 5) is 8.23. The van der Waals surface area contributed by atoms with E-state index in [-0.39, 0.29) is 10.9 Å². The van der Waals surface area contributed by atoms with Crippen LogP contribution in [-0.4, -0.2) is 35.3 Å². The van der Waals surface area contributed by atoms with Gasteiger partial charge in [-0.2, -0.15) is 4.31 Å². The van der Waals surface area contributed by atoms with Gasteiger partial charge in [0.05, 0.1) is 12.8 Å². The van der Waals surface area contributed by atoms with Gasteiger partial charge in [-0.3, -0.25) is 4.98 Å². The van der Waals surface area contributed by atoms with E-state index in [1.807, 2.05) is 19.1 Å². The third-order valence-corrected chi connectivity index (χ3v) is 5.53. The van der Waals surface area contributed by atoms with Crippen LogP contribution >= 0.6 is 0 Å². The molecule has 0 aromatic carbocycles. The van der Waals surface area contributed by atoms with E-state index >= 15 is 0 Å². The third kappa shape index (κ3) is 3.68. The predicted octanol–water partition coefficient (Wildman–Crippen LogP) is 2.23. The van der Waals surface area contributed by atoms with Gasteiger partial charge in [0.1, 0.15) is 4.90 Å². The summed E-state index contributed by atoms with van der Waals surface area (Å²) >= 11 is 0. The lowest BCUT2D eigenvalue weighted by molar-refractivity contribution is 0.326. The Labute approximate surface area is 136 Å². The summed E-state index contributed by atoms with van der Waals surface area (Å²) in [7, 11) is -3.57. The van der Waals surface area contributed by atoms with E-state index in [0.29, 0.717) is 19.0 Å². The second kappa shape index (κ2) is 6.64. The van der Waals surface area contributed by atoms with Gasteiger partial charge < -0.3 is 4.74 Å². The molecule has 6 nitrogen and oxygen atoms in total. The van der Waals surface area contributed by atoms with Crippen LogP contribution in [0, 0.1) is 0 Å². The van der Waals surface area contributed by atoms with Gasteiger partial charge in [0, 0.05) is 31.0 Å². The Morgan fingerprint density at radius 3 is 2.52 bits per heavy atom. The first-order valence-corrected chi connectivity index (χ1v) is 9.05. The fourth-order valence-electron chi connectivity index (χ4n) is 2.33. The van der Waals surface area contributed by atoms with Crippen molar-refractivity contribution in [1.29, 1.82) is 0 Å². The standard InChI is InChI=1S/C16H19N3O3S/c1-2-22-16-6-5-15(11-18-16)23(20,21)19(14-3-4-14)12-13-7-9-17-10-8-13/h5-11,14H,2-4,12H2,1H3. The van der Waals surface area contributed by atoms with Gasteiger partial charge in [0.25, 0.3) is 0 Å². The normalized spacial score (nSPS) is 14.9. The Bertz CT molecular complexity index is 744. The first kappa shape index (κ1) is 15.9. The number of rotatable bonds is 7. The monoisotopic (exact) mass is 333 g/mol. The lowest BCUT2D eigenvalue weighted by Gasteiger charge is -2.22. The van der Waals surface area contributed by atoms with E-state index in [4.69, 9.17) is 4.74 Å². The van der Waals surface area contributed by atoms with Gasteiger partial charge in [-0.1, -0.05) is 0 Å². The molecular weight excluding hydrogens is 314 g/mol. The molecule has 0 aliphatic heterocycles. The minimum Gasteiger partial charge on any atom is -0.478 e. The number of nitrogens with zero attached hydrogens (tertiary/aromatic N) is 3. The van der Waals surface area contributed by atoms with E-state index in [2.05, 4.69) is 9.97 Å². The maximum Gasteiger partial charge on any atom is 0.245 e. The lowest BCUT2D eigenvalue weighted by Crippen LogP contribution is -2.32. The molecule has 0 radical (unpaired) electrons. The van der Waals surface area contributed by atoms with E-state index in [1.165, 1.54) is 6.20 Å². The molecule has 1 saturated carbocycles. The van der Waals surface area contributed by atoms with Gasteiger partial charge in [-0.15, -0.1) is 0 Å². The first-order chi connectivity index (χ1) is 11.1. The maximum absolute atomic E-state index is 12.9. The molecule has 2 heterocycles. The summed E-state index contributed by atoms with van der Waals surface area (Å²) in [5.41, 5.74) is 0.925. The quantitative estimate of drug-likeness (QED) is 0.777. The minimum atomic E-state index is -3.57. The highest BCUT2D eigenvalue weighted by atomic mass is 32.2. The number of sulfonamides is 1. The van der Waals surface area contributed by atoms with Gasteiger partial charge in [0.15, 0.2) is 0 Å². The average molecular weight is 333 g/mol. The number of pyridine rings is 2. The Kier molecular flexibility index (Phi) is 4.58. The van der Waals surface area contributed by atoms with Crippen LogP contribution in [-0.2, 0) is 16.6 Å². The van der Waals surface area contributed by atoms with Crippen LogP contribution in [0.15, 0.2) is 47.8 Å². The zero-order valence-electron chi connectivity index (χ0n) is 12.9. The van der Waals surface area contributed by atoms with Crippen molar-refractivity contribution in [2.75, 3.05) is 6.61 Å². The van der Waals surface area contributed by atoms with Crippen LogP contribution in [0.2, 0.25) is 0 Å². The smallest absolute Gasteiger partial charge is 0.245 e. The van der Waals surface area contributed by atoms with E-state index in [9.17, 15) is 8.42 Å². The van der Waals surface area contributed by atoms with Crippen molar-refractivity contribution >= 4 is 10.0 Å². The Hall–Kier alpha value is -1.99. The van der Waals surface area contributed by atoms with Gasteiger partial charge >= 0.3 is 0 Å². The summed E-state index contributed by atoms with van der Waals surface area (Å²) in [6.07, 6.45) is 6.50. The van der Waals surface area contributed by atoms with E-state index < -0.39 is 10.0 Å². The Morgan fingerprint density at radius 2 is 1.96 bits per heavy atom. The van der Waals surface area contributed by atoms with Gasteiger partial charge in [0.2, 0.25) is 15.9 Å². The van der Waals surface area contributed by atoms with Crippen molar-refractivity contribution in [3.63, 3.8) is 0 Å². The first-order valence-electron chi connectivity index (χ1n) is 7.61. The molecule has 2 aromatic heterocycles. The molecule has 0 saturated heterocycles. The van der Waals surface area contributed by atoms with Crippen LogP contribution in [0.3, 0.4) is 0 Å². The maximum atomic E-state index is 12.9. The van der Waals surface area contributed by atoms with Crippen molar-refractivity contribution in [3.05, 3.63) is 48.4 Å². The summed E-state index contributed by atoms with van der Waals surface area (Å²) in [6, 6.07) is 6.88. The topological polar surface area (TPSA) is 72.4 Å². The summed E-state index contributed by atoms with van der Waals surface area (Å²) < 4.78 is 32.7. The molecule has 0 bridgehead atoms. The molecule has 1 aliphatic rings. The summed E-state index contributed by atoms with van der Waals surface area (Å²) in [5, 5.41) is 0. The second-order valence-electron chi connectivity index (χ2n) is 5.40. The van der Waals surface area contributed by atoms with Crippen LogP contribution < -0.4 is 4.74 Å². The largest absolute Gasteiger partial charge is 0.478 e. The van der Waals surface area contributed by atoms with Crippen molar-refractivity contribution in [1.82, 2.24) is 14.3 Å². The molecule has 7 heteroatoms. The lowest BCUT2D eigenvalue weighted by atomic mass is 10.3. The Morgan fingerprint density at radius 1 is 1.22 bits per heavy atom. The fraction of sp³-hybridized carbons (Fsp3) is 0.375. The van der Waals surface area contributed by atoms with Gasteiger partial charge in [-0.05, 0) is 43.5 Å². The van der Waals surface area contributed by atoms with Gasteiger partial charge in [-0.25, -0.2) is 13.4 Å². The van der Waals surface area contributed by atoms with Crippen molar-refractivity contribution < 1.29 is 13.2 Å². The SMILES string of the molecule is CCOc1ccc(S(=O)(=O)N(Cc2ccncc2)C2CC2)cn1. The molecule has 0 N–H and O–H groups in total. The third-order valence-electron chi connectivity index (χ3n) is 3.65. The van der Waals surface area contributed by atoms with E-state index in [0.717, 1.165) is 18.4 Å². The number of hydrogen-bond donors (Lipinski definition) is 0. The molecule has 0 unspecified atom stereocenters. The highest BCUT2D eigenvalue weighted by molar-refractivity contribution is 7.89. The van der Waals surface area contributed by atoms with Crippen LogP contribution in [0.25, 0.3) is 0 Å². The Balaban J connectivity index is 1.85. The molecule has 0 amide bonds. The van der Waals surface area contributed by atoms with Crippen LogP contribution in [0.5, 0.6) is 5.88 Å². The molecule has 3 rings (SSSR count). The fourth-order valence-corrected chi connectivity index (χ4v) is 3.95. The van der Waals surface area contributed by atoms with Crippen molar-refractivity contribution in [2.45, 2.75) is 37.2 Å². The molecule has 0 spiro atoms. The zero-order chi connectivity index (χ0) is 16.3. The van der Waals surface area contributed by atoms with E-state index in [1.54, 1.807) is 28.8 Å². The number of aromatic nitrogens is 2. The summed E-state index contributed by atoms with van der Waals surface area (Å²) in [6.45, 7) is 2.70.